The molecule has 0 saturated carbocycles. The molecular formula is C30H25NO5. The molecular weight excluding hydrogens is 454 g/mol. The predicted octanol–water partition coefficient (Wildman–Crippen LogP) is 6.88. The molecule has 0 unspecified atom stereocenters. The highest BCUT2D eigenvalue weighted by Gasteiger charge is 2.14. The third-order valence-corrected chi connectivity index (χ3v) is 5.91. The quantitative estimate of drug-likeness (QED) is 0.275. The molecule has 0 atom stereocenters. The number of anilines is 1. The molecule has 1 heterocycles. The van der Waals surface area contributed by atoms with Crippen LogP contribution in [0.1, 0.15) is 25.3 Å². The molecule has 0 aliphatic rings. The number of hydrogen-bond donors (Lipinski definition) is 1. The highest BCUT2D eigenvalue weighted by Crippen LogP contribution is 2.30. The van der Waals surface area contributed by atoms with Crippen LogP contribution >= 0.6 is 0 Å². The van der Waals surface area contributed by atoms with Gasteiger partial charge in [0.1, 0.15) is 23.3 Å². The lowest BCUT2D eigenvalue weighted by Crippen LogP contribution is -2.20. The monoisotopic (exact) mass is 479 g/mol. The summed E-state index contributed by atoms with van der Waals surface area (Å²) in [6.45, 7) is 3.94. The van der Waals surface area contributed by atoms with E-state index in [-0.39, 0.29) is 29.6 Å². The molecule has 36 heavy (non-hydrogen) atoms. The molecule has 1 N–H and O–H groups in total. The maximum atomic E-state index is 13.0. The first-order valence-electron chi connectivity index (χ1n) is 11.7. The summed E-state index contributed by atoms with van der Waals surface area (Å²) in [5, 5.41) is 5.25. The number of benzene rings is 4. The molecule has 0 aliphatic carbocycles. The Morgan fingerprint density at radius 3 is 2.53 bits per heavy atom. The van der Waals surface area contributed by atoms with Crippen LogP contribution in [0.3, 0.4) is 0 Å². The van der Waals surface area contributed by atoms with Crippen LogP contribution in [0.2, 0.25) is 0 Å². The number of carbonyl (C=O) groups excluding carboxylic acids is 1. The van der Waals surface area contributed by atoms with Gasteiger partial charge in [-0.15, -0.1) is 0 Å². The largest absolute Gasteiger partial charge is 0.484 e. The van der Waals surface area contributed by atoms with Gasteiger partial charge in [-0.25, -0.2) is 0 Å². The van der Waals surface area contributed by atoms with Crippen molar-refractivity contribution in [2.75, 3.05) is 11.9 Å². The van der Waals surface area contributed by atoms with E-state index in [2.05, 4.69) is 19.2 Å². The Bertz CT molecular complexity index is 1610. The van der Waals surface area contributed by atoms with Gasteiger partial charge in [-0.1, -0.05) is 68.4 Å². The molecule has 6 nitrogen and oxygen atoms in total. The number of rotatable bonds is 7. The van der Waals surface area contributed by atoms with Gasteiger partial charge in [-0.05, 0) is 41.1 Å². The molecule has 180 valence electrons. The highest BCUT2D eigenvalue weighted by atomic mass is 16.5. The van der Waals surface area contributed by atoms with Crippen LogP contribution in [0.5, 0.6) is 17.2 Å². The molecule has 0 aliphatic heterocycles. The van der Waals surface area contributed by atoms with E-state index in [1.54, 1.807) is 18.2 Å². The zero-order valence-corrected chi connectivity index (χ0v) is 20.0. The van der Waals surface area contributed by atoms with Crippen molar-refractivity contribution >= 4 is 33.3 Å². The second kappa shape index (κ2) is 9.96. The van der Waals surface area contributed by atoms with Gasteiger partial charge in [0.25, 0.3) is 5.91 Å². The Morgan fingerprint density at radius 2 is 1.67 bits per heavy atom. The summed E-state index contributed by atoms with van der Waals surface area (Å²) >= 11 is 0. The van der Waals surface area contributed by atoms with Gasteiger partial charge in [0.15, 0.2) is 6.61 Å². The average Bonchev–Trinajstić information content (AvgIpc) is 2.89. The van der Waals surface area contributed by atoms with Crippen LogP contribution in [0.25, 0.3) is 21.7 Å². The topological polar surface area (TPSA) is 77.8 Å². The van der Waals surface area contributed by atoms with Crippen LogP contribution in [0, 0.1) is 0 Å². The van der Waals surface area contributed by atoms with E-state index in [4.69, 9.17) is 13.9 Å². The maximum Gasteiger partial charge on any atom is 0.262 e. The summed E-state index contributed by atoms with van der Waals surface area (Å²) in [6.07, 6.45) is 1.30. The molecule has 5 aromatic rings. The minimum absolute atomic E-state index is 0.110. The molecule has 4 aromatic carbocycles. The van der Waals surface area contributed by atoms with E-state index >= 15 is 0 Å². The summed E-state index contributed by atoms with van der Waals surface area (Å²) in [4.78, 5) is 25.5. The number of para-hydroxylation sites is 1. The number of nitrogens with one attached hydrogen (secondary N) is 1. The molecule has 0 spiro atoms. The summed E-state index contributed by atoms with van der Waals surface area (Å²) < 4.78 is 17.3. The maximum absolute atomic E-state index is 13.0. The minimum atomic E-state index is -0.291. The van der Waals surface area contributed by atoms with Crippen molar-refractivity contribution in [2.45, 2.75) is 19.8 Å². The van der Waals surface area contributed by atoms with Gasteiger partial charge in [0.2, 0.25) is 11.2 Å². The SMILES string of the molecule is CC(C)c1ccccc1Oc1coc2cc(OCC(=O)Nc3cccc4ccccc34)ccc2c1=O. The second-order valence-electron chi connectivity index (χ2n) is 8.75. The number of hydrogen-bond acceptors (Lipinski definition) is 5. The Labute approximate surface area is 208 Å². The third kappa shape index (κ3) is 4.79. The summed E-state index contributed by atoms with van der Waals surface area (Å²) in [6, 6.07) is 26.0. The molecule has 5 rings (SSSR count). The van der Waals surface area contributed by atoms with Crippen LogP contribution in [-0.2, 0) is 4.79 Å². The highest BCUT2D eigenvalue weighted by molar-refractivity contribution is 6.02. The molecule has 1 amide bonds. The molecule has 0 radical (unpaired) electrons. The van der Waals surface area contributed by atoms with Crippen LogP contribution in [0.15, 0.2) is 100 Å². The van der Waals surface area contributed by atoms with E-state index in [0.717, 1.165) is 22.0 Å². The minimum Gasteiger partial charge on any atom is -0.484 e. The molecule has 6 heteroatoms. The summed E-state index contributed by atoms with van der Waals surface area (Å²) in [5.41, 5.74) is 1.78. The first-order valence-corrected chi connectivity index (χ1v) is 11.7. The molecule has 0 bridgehead atoms. The van der Waals surface area contributed by atoms with Crippen molar-refractivity contribution in [3.05, 3.63) is 107 Å². The predicted molar refractivity (Wildman–Crippen MR) is 141 cm³/mol. The lowest BCUT2D eigenvalue weighted by molar-refractivity contribution is -0.118. The van der Waals surface area contributed by atoms with Crippen molar-refractivity contribution in [3.8, 4) is 17.2 Å². The zero-order chi connectivity index (χ0) is 25.1. The number of ether oxygens (including phenoxy) is 2. The number of carbonyl (C=O) groups is 1. The van der Waals surface area contributed by atoms with Crippen molar-refractivity contribution in [3.63, 3.8) is 0 Å². The van der Waals surface area contributed by atoms with Crippen molar-refractivity contribution < 1.29 is 18.7 Å². The van der Waals surface area contributed by atoms with Crippen LogP contribution in [0.4, 0.5) is 5.69 Å². The number of amides is 1. The van der Waals surface area contributed by atoms with Crippen LogP contribution < -0.4 is 20.2 Å². The van der Waals surface area contributed by atoms with E-state index in [0.29, 0.717) is 22.5 Å². The fourth-order valence-corrected chi connectivity index (χ4v) is 4.09. The normalized spacial score (nSPS) is 11.1. The number of fused-ring (bicyclic) bond motifs is 2. The van der Waals surface area contributed by atoms with E-state index < -0.39 is 0 Å². The van der Waals surface area contributed by atoms with Crippen molar-refractivity contribution in [2.24, 2.45) is 0 Å². The Morgan fingerprint density at radius 1 is 0.889 bits per heavy atom. The van der Waals surface area contributed by atoms with E-state index in [9.17, 15) is 9.59 Å². The summed E-state index contributed by atoms with van der Waals surface area (Å²) in [7, 11) is 0. The lowest BCUT2D eigenvalue weighted by Gasteiger charge is -2.13. The second-order valence-corrected chi connectivity index (χ2v) is 8.75. The third-order valence-electron chi connectivity index (χ3n) is 5.91. The Balaban J connectivity index is 1.30. The standard InChI is InChI=1S/C30H25NO5/c1-19(2)22-10-5-6-13-26(22)36-28-17-35-27-16-21(14-15-24(27)30(28)33)34-18-29(32)31-25-12-7-9-20-8-3-4-11-23(20)25/h3-17,19H,18H2,1-2H3,(H,31,32). The fraction of sp³-hybridized carbons (Fsp3) is 0.133. The smallest absolute Gasteiger partial charge is 0.262 e. The first kappa shape index (κ1) is 23.2. The van der Waals surface area contributed by atoms with Gasteiger partial charge < -0.3 is 19.2 Å². The van der Waals surface area contributed by atoms with E-state index in [1.807, 2.05) is 66.7 Å². The van der Waals surface area contributed by atoms with Gasteiger partial charge in [-0.3, -0.25) is 9.59 Å². The van der Waals surface area contributed by atoms with Gasteiger partial charge in [0.05, 0.1) is 5.39 Å². The van der Waals surface area contributed by atoms with Gasteiger partial charge >= 0.3 is 0 Å². The zero-order valence-electron chi connectivity index (χ0n) is 20.0. The lowest BCUT2D eigenvalue weighted by atomic mass is 10.0. The fourth-order valence-electron chi connectivity index (χ4n) is 4.09. The van der Waals surface area contributed by atoms with Crippen molar-refractivity contribution in [1.82, 2.24) is 0 Å². The Hall–Kier alpha value is -4.58. The Kier molecular flexibility index (Phi) is 6.41. The van der Waals surface area contributed by atoms with Gasteiger partial charge in [-0.2, -0.15) is 0 Å². The van der Waals surface area contributed by atoms with E-state index in [1.165, 1.54) is 6.26 Å². The summed E-state index contributed by atoms with van der Waals surface area (Å²) in [5.74, 6) is 1.10. The molecule has 1 aromatic heterocycles. The van der Waals surface area contributed by atoms with Crippen LogP contribution in [-0.4, -0.2) is 12.5 Å². The molecule has 0 fully saturated rings. The van der Waals surface area contributed by atoms with Gasteiger partial charge in [0, 0.05) is 17.1 Å². The first-order chi connectivity index (χ1) is 17.5. The van der Waals surface area contributed by atoms with Crippen molar-refractivity contribution in [1.29, 1.82) is 0 Å². The molecule has 0 saturated heterocycles. The average molecular weight is 480 g/mol.